The van der Waals surface area contributed by atoms with E-state index in [1.807, 2.05) is 18.4 Å². The highest BCUT2D eigenvalue weighted by molar-refractivity contribution is 5.33. The fourth-order valence-electron chi connectivity index (χ4n) is 1.37. The SMILES string of the molecule is NCC1C=CN2C=CC=CC2=C1. The molecule has 0 saturated carbocycles. The Labute approximate surface area is 72.4 Å². The van der Waals surface area contributed by atoms with E-state index in [9.17, 15) is 0 Å². The first-order valence-corrected chi connectivity index (χ1v) is 4.13. The van der Waals surface area contributed by atoms with Crippen molar-refractivity contribution in [1.82, 2.24) is 4.90 Å². The molecule has 1 atom stereocenters. The van der Waals surface area contributed by atoms with Gasteiger partial charge in [0.2, 0.25) is 0 Å². The summed E-state index contributed by atoms with van der Waals surface area (Å²) in [5.74, 6) is 0.396. The highest BCUT2D eigenvalue weighted by atomic mass is 15.1. The average molecular weight is 160 g/mol. The van der Waals surface area contributed by atoms with Crippen LogP contribution in [0.3, 0.4) is 0 Å². The van der Waals surface area contributed by atoms with Gasteiger partial charge in [-0.05, 0) is 12.2 Å². The van der Waals surface area contributed by atoms with Crippen molar-refractivity contribution in [2.24, 2.45) is 11.7 Å². The van der Waals surface area contributed by atoms with Gasteiger partial charge < -0.3 is 10.6 Å². The van der Waals surface area contributed by atoms with Gasteiger partial charge >= 0.3 is 0 Å². The van der Waals surface area contributed by atoms with E-state index in [4.69, 9.17) is 5.73 Å². The van der Waals surface area contributed by atoms with Crippen LogP contribution < -0.4 is 5.73 Å². The number of rotatable bonds is 1. The smallest absolute Gasteiger partial charge is 0.0415 e. The minimum Gasteiger partial charge on any atom is -0.330 e. The molecular formula is C10H12N2. The van der Waals surface area contributed by atoms with Crippen LogP contribution in [0.1, 0.15) is 0 Å². The quantitative estimate of drug-likeness (QED) is 0.627. The molecule has 0 bridgehead atoms. The van der Waals surface area contributed by atoms with Crippen molar-refractivity contribution in [3.05, 3.63) is 48.5 Å². The summed E-state index contributed by atoms with van der Waals surface area (Å²) < 4.78 is 0. The molecule has 0 fully saturated rings. The summed E-state index contributed by atoms with van der Waals surface area (Å²) in [6, 6.07) is 0. The topological polar surface area (TPSA) is 29.3 Å². The molecule has 0 saturated heterocycles. The summed E-state index contributed by atoms with van der Waals surface area (Å²) in [6.45, 7) is 0.686. The minimum absolute atomic E-state index is 0.396. The Morgan fingerprint density at radius 1 is 1.33 bits per heavy atom. The maximum absolute atomic E-state index is 5.57. The van der Waals surface area contributed by atoms with Crippen LogP contribution in [-0.4, -0.2) is 11.4 Å². The molecule has 0 radical (unpaired) electrons. The molecule has 0 aromatic carbocycles. The van der Waals surface area contributed by atoms with Gasteiger partial charge in [-0.15, -0.1) is 0 Å². The zero-order valence-electron chi connectivity index (χ0n) is 6.85. The molecule has 1 unspecified atom stereocenters. The van der Waals surface area contributed by atoms with Crippen molar-refractivity contribution in [1.29, 1.82) is 0 Å². The first-order valence-electron chi connectivity index (χ1n) is 4.13. The first-order chi connectivity index (χ1) is 5.90. The molecule has 0 amide bonds. The molecule has 2 heterocycles. The minimum atomic E-state index is 0.396. The summed E-state index contributed by atoms with van der Waals surface area (Å²) in [6.07, 6.45) is 14.5. The predicted octanol–water partition coefficient (Wildman–Crippen LogP) is 1.36. The lowest BCUT2D eigenvalue weighted by Gasteiger charge is -2.24. The van der Waals surface area contributed by atoms with E-state index >= 15 is 0 Å². The summed E-state index contributed by atoms with van der Waals surface area (Å²) in [5.41, 5.74) is 6.79. The van der Waals surface area contributed by atoms with Gasteiger partial charge in [-0.25, -0.2) is 0 Å². The lowest BCUT2D eigenvalue weighted by Crippen LogP contribution is -2.19. The molecule has 2 aliphatic rings. The molecule has 0 aliphatic carbocycles. The molecule has 12 heavy (non-hydrogen) atoms. The van der Waals surface area contributed by atoms with Crippen molar-refractivity contribution < 1.29 is 0 Å². The van der Waals surface area contributed by atoms with Crippen molar-refractivity contribution in [2.75, 3.05) is 6.54 Å². The third-order valence-corrected chi connectivity index (χ3v) is 2.07. The van der Waals surface area contributed by atoms with Crippen molar-refractivity contribution in [3.63, 3.8) is 0 Å². The van der Waals surface area contributed by atoms with Gasteiger partial charge in [-0.3, -0.25) is 0 Å². The largest absolute Gasteiger partial charge is 0.330 e. The first kappa shape index (κ1) is 7.37. The summed E-state index contributed by atoms with van der Waals surface area (Å²) >= 11 is 0. The summed E-state index contributed by atoms with van der Waals surface area (Å²) in [5, 5.41) is 0. The van der Waals surface area contributed by atoms with Gasteiger partial charge in [0.05, 0.1) is 0 Å². The van der Waals surface area contributed by atoms with Crippen LogP contribution in [-0.2, 0) is 0 Å². The highest BCUT2D eigenvalue weighted by Gasteiger charge is 2.10. The Morgan fingerprint density at radius 3 is 3.08 bits per heavy atom. The van der Waals surface area contributed by atoms with Crippen molar-refractivity contribution in [3.8, 4) is 0 Å². The van der Waals surface area contributed by atoms with E-state index < -0.39 is 0 Å². The number of fused-ring (bicyclic) bond motifs is 1. The average Bonchev–Trinajstić information content (AvgIpc) is 2.17. The monoisotopic (exact) mass is 160 g/mol. The summed E-state index contributed by atoms with van der Waals surface area (Å²) in [7, 11) is 0. The molecule has 0 spiro atoms. The maximum atomic E-state index is 5.57. The second-order valence-electron chi connectivity index (χ2n) is 2.94. The van der Waals surface area contributed by atoms with E-state index in [1.165, 1.54) is 5.70 Å². The van der Waals surface area contributed by atoms with E-state index in [0.717, 1.165) is 0 Å². The van der Waals surface area contributed by atoms with Crippen LogP contribution in [0.5, 0.6) is 0 Å². The van der Waals surface area contributed by atoms with Gasteiger partial charge in [0.15, 0.2) is 0 Å². The van der Waals surface area contributed by atoms with Gasteiger partial charge in [0.25, 0.3) is 0 Å². The van der Waals surface area contributed by atoms with Crippen LogP contribution in [0, 0.1) is 5.92 Å². The Balaban J connectivity index is 2.24. The molecule has 2 N–H and O–H groups in total. The molecule has 2 aliphatic heterocycles. The Bertz CT molecular complexity index is 284. The third kappa shape index (κ3) is 1.21. The molecule has 2 nitrogen and oxygen atoms in total. The van der Waals surface area contributed by atoms with Gasteiger partial charge in [0.1, 0.15) is 0 Å². The fourth-order valence-corrected chi connectivity index (χ4v) is 1.37. The molecular weight excluding hydrogens is 148 g/mol. The lowest BCUT2D eigenvalue weighted by molar-refractivity contribution is 0.599. The zero-order chi connectivity index (χ0) is 8.39. The molecule has 0 aromatic heterocycles. The van der Waals surface area contributed by atoms with E-state index in [2.05, 4.69) is 29.3 Å². The number of nitrogens with zero attached hydrogens (tertiary/aromatic N) is 1. The van der Waals surface area contributed by atoms with Crippen LogP contribution in [0.4, 0.5) is 0 Å². The Kier molecular flexibility index (Phi) is 1.84. The van der Waals surface area contributed by atoms with Crippen LogP contribution in [0.25, 0.3) is 0 Å². The number of hydrogen-bond donors (Lipinski definition) is 1. The molecule has 2 rings (SSSR count). The second-order valence-corrected chi connectivity index (χ2v) is 2.94. The van der Waals surface area contributed by atoms with Crippen molar-refractivity contribution >= 4 is 0 Å². The number of allylic oxidation sites excluding steroid dienone is 3. The van der Waals surface area contributed by atoms with Crippen LogP contribution >= 0.6 is 0 Å². The van der Waals surface area contributed by atoms with Gasteiger partial charge in [-0.1, -0.05) is 18.2 Å². The Hall–Kier alpha value is -1.28. The fraction of sp³-hybridized carbons (Fsp3) is 0.200. The summed E-state index contributed by atoms with van der Waals surface area (Å²) in [4.78, 5) is 2.09. The van der Waals surface area contributed by atoms with E-state index in [0.29, 0.717) is 12.5 Å². The Morgan fingerprint density at radius 2 is 2.25 bits per heavy atom. The molecule has 2 heteroatoms. The standard InChI is InChI=1S/C10H12N2/c11-8-9-4-6-12-5-2-1-3-10(12)7-9/h1-7,9H,8,11H2. The number of nitrogens with two attached hydrogens (primary N) is 1. The lowest BCUT2D eigenvalue weighted by atomic mass is 10.0. The van der Waals surface area contributed by atoms with Crippen LogP contribution in [0.15, 0.2) is 48.5 Å². The predicted molar refractivity (Wildman–Crippen MR) is 49.9 cm³/mol. The molecule has 0 aromatic rings. The third-order valence-electron chi connectivity index (χ3n) is 2.07. The normalized spacial score (nSPS) is 25.6. The van der Waals surface area contributed by atoms with Crippen molar-refractivity contribution in [2.45, 2.75) is 0 Å². The van der Waals surface area contributed by atoms with Gasteiger partial charge in [0, 0.05) is 30.6 Å². The number of hydrogen-bond acceptors (Lipinski definition) is 2. The molecule has 62 valence electrons. The second kappa shape index (κ2) is 2.99. The maximum Gasteiger partial charge on any atom is 0.0415 e. The highest BCUT2D eigenvalue weighted by Crippen LogP contribution is 2.20. The van der Waals surface area contributed by atoms with E-state index in [1.54, 1.807) is 0 Å². The van der Waals surface area contributed by atoms with E-state index in [-0.39, 0.29) is 0 Å². The van der Waals surface area contributed by atoms with Gasteiger partial charge in [-0.2, -0.15) is 0 Å². The zero-order valence-corrected chi connectivity index (χ0v) is 6.85. The van der Waals surface area contributed by atoms with Crippen LogP contribution in [0.2, 0.25) is 0 Å².